The van der Waals surface area contributed by atoms with E-state index in [1.54, 1.807) is 0 Å². The Bertz CT molecular complexity index is 649. The van der Waals surface area contributed by atoms with Crippen LogP contribution in [-0.2, 0) is 0 Å². The lowest BCUT2D eigenvalue weighted by Gasteiger charge is -2.22. The summed E-state index contributed by atoms with van der Waals surface area (Å²) in [5.41, 5.74) is 1.85. The lowest BCUT2D eigenvalue weighted by Crippen LogP contribution is -2.10. The van der Waals surface area contributed by atoms with Gasteiger partial charge in [-0.25, -0.2) is 0 Å². The second-order valence-corrected chi connectivity index (χ2v) is 5.30. The van der Waals surface area contributed by atoms with E-state index in [-0.39, 0.29) is 12.7 Å². The van der Waals surface area contributed by atoms with Crippen molar-refractivity contribution >= 4 is 0 Å². The van der Waals surface area contributed by atoms with E-state index in [2.05, 4.69) is 19.1 Å². The van der Waals surface area contributed by atoms with Crippen LogP contribution in [0.5, 0.6) is 11.5 Å². The number of hydrogen-bond donors (Lipinski definition) is 1. The van der Waals surface area contributed by atoms with E-state index in [9.17, 15) is 5.11 Å². The highest BCUT2D eigenvalue weighted by molar-refractivity contribution is 5.51. The highest BCUT2D eigenvalue weighted by Crippen LogP contribution is 2.43. The summed E-state index contributed by atoms with van der Waals surface area (Å²) in [4.78, 5) is 0. The molecule has 1 aliphatic heterocycles. The van der Waals surface area contributed by atoms with Gasteiger partial charge in [0.15, 0.2) is 11.5 Å². The fourth-order valence-electron chi connectivity index (χ4n) is 2.73. The van der Waals surface area contributed by atoms with Crippen LogP contribution in [0.1, 0.15) is 36.5 Å². The first-order valence-corrected chi connectivity index (χ1v) is 7.59. The van der Waals surface area contributed by atoms with Gasteiger partial charge in [-0.2, -0.15) is 0 Å². The molecule has 0 spiro atoms. The molecular weight excluding hydrogens is 276 g/mol. The molecule has 0 bridgehead atoms. The lowest BCUT2D eigenvalue weighted by molar-refractivity contribution is 0.155. The second-order valence-electron chi connectivity index (χ2n) is 5.30. The Balaban J connectivity index is 2.01. The normalized spacial score (nSPS) is 15.9. The topological polar surface area (TPSA) is 38.7 Å². The van der Waals surface area contributed by atoms with Crippen LogP contribution >= 0.6 is 0 Å². The number of hydrogen-bond acceptors (Lipinski definition) is 3. The van der Waals surface area contributed by atoms with E-state index in [4.69, 9.17) is 9.47 Å². The van der Waals surface area contributed by atoms with Crippen molar-refractivity contribution in [1.29, 1.82) is 0 Å². The van der Waals surface area contributed by atoms with Crippen molar-refractivity contribution in [1.82, 2.24) is 0 Å². The molecular formula is C19H20O3. The van der Waals surface area contributed by atoms with Crippen LogP contribution < -0.4 is 9.47 Å². The van der Waals surface area contributed by atoms with Crippen molar-refractivity contribution in [3.05, 3.63) is 71.8 Å². The van der Waals surface area contributed by atoms with Crippen LogP contribution in [0.15, 0.2) is 60.7 Å². The van der Waals surface area contributed by atoms with E-state index >= 15 is 0 Å². The van der Waals surface area contributed by atoms with Crippen molar-refractivity contribution in [3.63, 3.8) is 0 Å². The fraction of sp³-hybridized carbons (Fsp3) is 0.263. The zero-order valence-electron chi connectivity index (χ0n) is 12.6. The Morgan fingerprint density at radius 2 is 1.91 bits per heavy atom. The van der Waals surface area contributed by atoms with Gasteiger partial charge in [0, 0.05) is 11.5 Å². The predicted molar refractivity (Wildman–Crippen MR) is 86.1 cm³/mol. The number of aliphatic hydroxyl groups excluding tert-OH is 1. The van der Waals surface area contributed by atoms with Gasteiger partial charge in [-0.15, -0.1) is 0 Å². The van der Waals surface area contributed by atoms with Crippen molar-refractivity contribution in [2.45, 2.75) is 25.4 Å². The van der Waals surface area contributed by atoms with E-state index < -0.39 is 6.10 Å². The first kappa shape index (κ1) is 14.7. The van der Waals surface area contributed by atoms with Crippen LogP contribution in [0.25, 0.3) is 0 Å². The summed E-state index contributed by atoms with van der Waals surface area (Å²) < 4.78 is 11.1. The molecule has 114 valence electrons. The Morgan fingerprint density at radius 3 is 2.68 bits per heavy atom. The zero-order chi connectivity index (χ0) is 15.4. The smallest absolute Gasteiger partial charge is 0.231 e. The van der Waals surface area contributed by atoms with E-state index in [1.165, 1.54) is 0 Å². The molecule has 0 radical (unpaired) electrons. The summed E-state index contributed by atoms with van der Waals surface area (Å²) in [6, 6.07) is 15.5. The first-order valence-electron chi connectivity index (χ1n) is 7.59. The van der Waals surface area contributed by atoms with E-state index in [1.807, 2.05) is 48.5 Å². The molecule has 1 N–H and O–H groups in total. The maximum absolute atomic E-state index is 10.8. The van der Waals surface area contributed by atoms with Gasteiger partial charge in [0.05, 0.1) is 6.10 Å². The monoisotopic (exact) mass is 296 g/mol. The molecule has 0 aromatic heterocycles. The highest BCUT2D eigenvalue weighted by Gasteiger charge is 2.27. The van der Waals surface area contributed by atoms with Gasteiger partial charge in [0.2, 0.25) is 6.79 Å². The minimum absolute atomic E-state index is 0.168. The summed E-state index contributed by atoms with van der Waals surface area (Å²) in [5, 5.41) is 10.8. The van der Waals surface area contributed by atoms with Gasteiger partial charge in [-0.1, -0.05) is 61.5 Å². The summed E-state index contributed by atoms with van der Waals surface area (Å²) >= 11 is 0. The molecule has 22 heavy (non-hydrogen) atoms. The molecule has 2 aromatic rings. The summed E-state index contributed by atoms with van der Waals surface area (Å²) in [7, 11) is 0. The number of aliphatic hydroxyl groups is 1. The molecule has 0 fully saturated rings. The van der Waals surface area contributed by atoms with Gasteiger partial charge in [0.1, 0.15) is 0 Å². The number of allylic oxidation sites excluding steroid dienone is 1. The molecule has 2 atom stereocenters. The molecule has 3 rings (SSSR count). The summed E-state index contributed by atoms with van der Waals surface area (Å²) in [6.07, 6.45) is 4.42. The number of fused-ring (bicyclic) bond motifs is 1. The Morgan fingerprint density at radius 1 is 1.09 bits per heavy atom. The number of benzene rings is 2. The van der Waals surface area contributed by atoms with Gasteiger partial charge < -0.3 is 14.6 Å². The SMILES string of the molecule is CC/C=C/[C@@H](c1cccc2c1OCO2)[C@@H](O)c1ccccc1. The van der Waals surface area contributed by atoms with E-state index in [0.717, 1.165) is 29.0 Å². The minimum atomic E-state index is -0.625. The molecule has 3 nitrogen and oxygen atoms in total. The number of ether oxygens (including phenoxy) is 2. The summed E-state index contributed by atoms with van der Waals surface area (Å²) in [6.45, 7) is 2.31. The Hall–Kier alpha value is -2.26. The Kier molecular flexibility index (Phi) is 4.45. The minimum Gasteiger partial charge on any atom is -0.454 e. The average Bonchev–Trinajstić information content (AvgIpc) is 3.05. The highest BCUT2D eigenvalue weighted by atomic mass is 16.7. The summed E-state index contributed by atoms with van der Waals surface area (Å²) in [5.74, 6) is 1.31. The van der Waals surface area contributed by atoms with Crippen LogP contribution in [0, 0.1) is 0 Å². The molecule has 0 aliphatic carbocycles. The molecule has 1 aliphatic rings. The van der Waals surface area contributed by atoms with Crippen LogP contribution in [-0.4, -0.2) is 11.9 Å². The predicted octanol–water partition coefficient (Wildman–Crippen LogP) is 4.20. The molecule has 0 amide bonds. The molecule has 0 unspecified atom stereocenters. The standard InChI is InChI=1S/C19H20O3/c1-2-3-10-15(18(20)14-8-5-4-6-9-14)16-11-7-12-17-19(16)22-13-21-17/h3-12,15,18,20H,2,13H2,1H3/b10-3+/t15-,18-/m0/s1. The quantitative estimate of drug-likeness (QED) is 0.840. The second kappa shape index (κ2) is 6.67. The van der Waals surface area contributed by atoms with Gasteiger partial charge >= 0.3 is 0 Å². The van der Waals surface area contributed by atoms with Crippen LogP contribution in [0.4, 0.5) is 0 Å². The van der Waals surface area contributed by atoms with Gasteiger partial charge in [-0.05, 0) is 18.1 Å². The number of para-hydroxylation sites is 1. The van der Waals surface area contributed by atoms with Crippen LogP contribution in [0.3, 0.4) is 0 Å². The maximum Gasteiger partial charge on any atom is 0.231 e. The van der Waals surface area contributed by atoms with Crippen molar-refractivity contribution in [2.24, 2.45) is 0 Å². The van der Waals surface area contributed by atoms with E-state index in [0.29, 0.717) is 0 Å². The third kappa shape index (κ3) is 2.85. The maximum atomic E-state index is 10.8. The van der Waals surface area contributed by atoms with Crippen molar-refractivity contribution in [3.8, 4) is 11.5 Å². The van der Waals surface area contributed by atoms with Crippen molar-refractivity contribution in [2.75, 3.05) is 6.79 Å². The average molecular weight is 296 g/mol. The third-order valence-electron chi connectivity index (χ3n) is 3.85. The molecule has 0 saturated heterocycles. The first-order chi connectivity index (χ1) is 10.8. The lowest BCUT2D eigenvalue weighted by atomic mass is 9.88. The Labute approximate surface area is 130 Å². The molecule has 1 heterocycles. The molecule has 2 aromatic carbocycles. The largest absolute Gasteiger partial charge is 0.454 e. The number of rotatable bonds is 5. The third-order valence-corrected chi connectivity index (χ3v) is 3.85. The van der Waals surface area contributed by atoms with Gasteiger partial charge in [0.25, 0.3) is 0 Å². The van der Waals surface area contributed by atoms with Gasteiger partial charge in [-0.3, -0.25) is 0 Å². The molecule has 0 saturated carbocycles. The van der Waals surface area contributed by atoms with Crippen molar-refractivity contribution < 1.29 is 14.6 Å². The fourth-order valence-corrected chi connectivity index (χ4v) is 2.73. The van der Waals surface area contributed by atoms with Crippen LogP contribution in [0.2, 0.25) is 0 Å². The molecule has 3 heteroatoms. The zero-order valence-corrected chi connectivity index (χ0v) is 12.6.